The van der Waals surface area contributed by atoms with Crippen molar-refractivity contribution in [2.24, 2.45) is 5.73 Å². The highest BCUT2D eigenvalue weighted by Gasteiger charge is 2.20. The van der Waals surface area contributed by atoms with Gasteiger partial charge in [0.05, 0.1) is 10.9 Å². The van der Waals surface area contributed by atoms with E-state index in [1.165, 1.54) is 22.9 Å². The number of thioether (sulfide) groups is 1. The molecule has 6 nitrogen and oxygen atoms in total. The first kappa shape index (κ1) is 17.2. The van der Waals surface area contributed by atoms with E-state index in [0.29, 0.717) is 11.0 Å². The predicted molar refractivity (Wildman–Crippen MR) is 98.6 cm³/mol. The quantitative estimate of drug-likeness (QED) is 0.713. The lowest BCUT2D eigenvalue weighted by molar-refractivity contribution is -0.117. The molecular weight excluding hydrogens is 334 g/mol. The number of aryl methyl sites for hydroxylation is 2. The van der Waals surface area contributed by atoms with Gasteiger partial charge in [0.25, 0.3) is 0 Å². The van der Waals surface area contributed by atoms with Crippen molar-refractivity contribution in [2.45, 2.75) is 31.2 Å². The molecule has 7 heteroatoms. The molecule has 2 N–H and O–H groups in total. The van der Waals surface area contributed by atoms with Crippen molar-refractivity contribution >= 4 is 17.7 Å². The summed E-state index contributed by atoms with van der Waals surface area (Å²) in [5.41, 5.74) is 9.64. The minimum atomic E-state index is -0.403. The molecule has 0 radical (unpaired) electrons. The number of aromatic nitrogens is 4. The molecule has 25 heavy (non-hydrogen) atoms. The number of carbonyl (C=O) groups is 1. The third kappa shape index (κ3) is 3.56. The molecule has 1 amide bonds. The molecule has 0 aliphatic rings. The van der Waals surface area contributed by atoms with Gasteiger partial charge in [0.2, 0.25) is 5.91 Å². The zero-order valence-electron chi connectivity index (χ0n) is 14.3. The Kier molecular flexibility index (Phi) is 4.85. The molecule has 0 aliphatic heterocycles. The second kappa shape index (κ2) is 7.06. The molecule has 1 atom stereocenters. The average Bonchev–Trinajstić information content (AvgIpc) is 3.01. The molecule has 0 saturated carbocycles. The molecule has 1 unspecified atom stereocenters. The van der Waals surface area contributed by atoms with E-state index in [-0.39, 0.29) is 5.91 Å². The van der Waals surface area contributed by atoms with Crippen LogP contribution in [-0.2, 0) is 4.79 Å². The number of primary amides is 1. The molecule has 0 fully saturated rings. The highest BCUT2D eigenvalue weighted by Crippen LogP contribution is 2.30. The molecule has 3 rings (SSSR count). The van der Waals surface area contributed by atoms with Crippen LogP contribution in [-0.4, -0.2) is 30.9 Å². The van der Waals surface area contributed by atoms with Crippen LogP contribution in [0.2, 0.25) is 0 Å². The van der Waals surface area contributed by atoms with E-state index in [1.807, 2.05) is 22.8 Å². The van der Waals surface area contributed by atoms with E-state index in [2.05, 4.69) is 41.2 Å². The van der Waals surface area contributed by atoms with Crippen LogP contribution in [0.15, 0.2) is 47.9 Å². The first-order valence-corrected chi connectivity index (χ1v) is 8.74. The van der Waals surface area contributed by atoms with Crippen LogP contribution in [0.1, 0.15) is 18.1 Å². The van der Waals surface area contributed by atoms with Crippen LogP contribution >= 0.6 is 11.8 Å². The third-order valence-electron chi connectivity index (χ3n) is 4.00. The summed E-state index contributed by atoms with van der Waals surface area (Å²) in [5, 5.41) is 8.85. The van der Waals surface area contributed by atoms with Crippen molar-refractivity contribution < 1.29 is 4.79 Å². The van der Waals surface area contributed by atoms with Gasteiger partial charge in [-0.2, -0.15) is 0 Å². The van der Waals surface area contributed by atoms with Gasteiger partial charge in [-0.1, -0.05) is 17.8 Å². The van der Waals surface area contributed by atoms with Crippen LogP contribution in [0, 0.1) is 13.8 Å². The second-order valence-electron chi connectivity index (χ2n) is 5.81. The van der Waals surface area contributed by atoms with Crippen LogP contribution in [0.4, 0.5) is 0 Å². The normalized spacial score (nSPS) is 12.1. The largest absolute Gasteiger partial charge is 0.369 e. The van der Waals surface area contributed by atoms with E-state index in [1.54, 1.807) is 19.3 Å². The number of benzene rings is 1. The molecule has 128 valence electrons. The molecule has 0 spiro atoms. The molecule has 3 aromatic rings. The van der Waals surface area contributed by atoms with E-state index in [0.717, 1.165) is 11.3 Å². The van der Waals surface area contributed by atoms with E-state index in [4.69, 9.17) is 5.73 Å². The number of rotatable bonds is 5. The van der Waals surface area contributed by atoms with E-state index < -0.39 is 5.25 Å². The van der Waals surface area contributed by atoms with Gasteiger partial charge in [-0.05, 0) is 56.2 Å². The Morgan fingerprint density at radius 1 is 1.12 bits per heavy atom. The Hall–Kier alpha value is -2.67. The Morgan fingerprint density at radius 3 is 2.48 bits per heavy atom. The number of nitrogens with zero attached hydrogens (tertiary/aromatic N) is 4. The Bertz CT molecular complexity index is 907. The summed E-state index contributed by atoms with van der Waals surface area (Å²) in [6.07, 6.45) is 3.43. The lowest BCUT2D eigenvalue weighted by Gasteiger charge is -2.13. The SMILES string of the molecule is Cc1ccc(-n2c(SC(C)C(N)=O)nnc2-c2ccncc2)cc1C. The summed E-state index contributed by atoms with van der Waals surface area (Å²) in [6.45, 7) is 5.90. The number of amides is 1. The Morgan fingerprint density at radius 2 is 1.84 bits per heavy atom. The number of hydrogen-bond donors (Lipinski definition) is 1. The molecule has 1 aromatic carbocycles. The van der Waals surface area contributed by atoms with Gasteiger partial charge in [-0.25, -0.2) is 0 Å². The maximum absolute atomic E-state index is 11.5. The number of carbonyl (C=O) groups excluding carboxylic acids is 1. The summed E-state index contributed by atoms with van der Waals surface area (Å²) in [4.78, 5) is 15.5. The first-order valence-electron chi connectivity index (χ1n) is 7.87. The van der Waals surface area contributed by atoms with E-state index >= 15 is 0 Å². The predicted octanol–water partition coefficient (Wildman–Crippen LogP) is 2.91. The summed E-state index contributed by atoms with van der Waals surface area (Å²) in [7, 11) is 0. The van der Waals surface area contributed by atoms with Gasteiger partial charge >= 0.3 is 0 Å². The monoisotopic (exact) mass is 353 g/mol. The number of pyridine rings is 1. The standard InChI is InChI=1S/C18H19N5OS/c1-11-4-5-15(10-12(11)2)23-17(14-6-8-20-9-7-14)21-22-18(23)25-13(3)16(19)24/h4-10,13H,1-3H3,(H2,19,24). The fourth-order valence-corrected chi connectivity index (χ4v) is 3.17. The average molecular weight is 353 g/mol. The zero-order chi connectivity index (χ0) is 18.0. The number of hydrogen-bond acceptors (Lipinski definition) is 5. The summed E-state index contributed by atoms with van der Waals surface area (Å²) < 4.78 is 1.95. The minimum Gasteiger partial charge on any atom is -0.369 e. The smallest absolute Gasteiger partial charge is 0.230 e. The highest BCUT2D eigenvalue weighted by atomic mass is 32.2. The van der Waals surface area contributed by atoms with Crippen molar-refractivity contribution in [1.82, 2.24) is 19.7 Å². The molecule has 0 bridgehead atoms. The van der Waals surface area contributed by atoms with Crippen LogP contribution in [0.5, 0.6) is 0 Å². The molecule has 0 saturated heterocycles. The molecular formula is C18H19N5OS. The van der Waals surface area contributed by atoms with Crippen LogP contribution in [0.3, 0.4) is 0 Å². The Balaban J connectivity index is 2.15. The van der Waals surface area contributed by atoms with Gasteiger partial charge in [-0.3, -0.25) is 14.3 Å². The fraction of sp³-hybridized carbons (Fsp3) is 0.222. The maximum Gasteiger partial charge on any atom is 0.230 e. The molecule has 2 heterocycles. The maximum atomic E-state index is 11.5. The van der Waals surface area contributed by atoms with Gasteiger partial charge in [0, 0.05) is 18.0 Å². The lowest BCUT2D eigenvalue weighted by Crippen LogP contribution is -2.23. The van der Waals surface area contributed by atoms with Gasteiger partial charge < -0.3 is 5.73 Å². The topological polar surface area (TPSA) is 86.7 Å². The fourth-order valence-electron chi connectivity index (χ4n) is 2.35. The van der Waals surface area contributed by atoms with Crippen molar-refractivity contribution in [3.63, 3.8) is 0 Å². The highest BCUT2D eigenvalue weighted by molar-refractivity contribution is 8.00. The molecule has 2 aromatic heterocycles. The van der Waals surface area contributed by atoms with Crippen molar-refractivity contribution in [3.8, 4) is 17.1 Å². The first-order chi connectivity index (χ1) is 12.0. The van der Waals surface area contributed by atoms with Gasteiger partial charge in [0.15, 0.2) is 11.0 Å². The lowest BCUT2D eigenvalue weighted by atomic mass is 10.1. The van der Waals surface area contributed by atoms with Crippen LogP contribution in [0.25, 0.3) is 17.1 Å². The summed E-state index contributed by atoms with van der Waals surface area (Å²) >= 11 is 1.30. The third-order valence-corrected chi connectivity index (χ3v) is 5.06. The number of nitrogens with two attached hydrogens (primary N) is 1. The van der Waals surface area contributed by atoms with Gasteiger partial charge in [0.1, 0.15) is 0 Å². The van der Waals surface area contributed by atoms with Crippen molar-refractivity contribution in [1.29, 1.82) is 0 Å². The van der Waals surface area contributed by atoms with Crippen molar-refractivity contribution in [3.05, 3.63) is 53.9 Å². The van der Waals surface area contributed by atoms with Crippen LogP contribution < -0.4 is 5.73 Å². The van der Waals surface area contributed by atoms with E-state index in [9.17, 15) is 4.79 Å². The Labute approximate surface area is 150 Å². The van der Waals surface area contributed by atoms with Gasteiger partial charge in [-0.15, -0.1) is 10.2 Å². The van der Waals surface area contributed by atoms with Crippen molar-refractivity contribution in [2.75, 3.05) is 0 Å². The minimum absolute atomic E-state index is 0.384. The zero-order valence-corrected chi connectivity index (χ0v) is 15.1. The summed E-state index contributed by atoms with van der Waals surface area (Å²) in [6, 6.07) is 9.94. The summed E-state index contributed by atoms with van der Waals surface area (Å²) in [5.74, 6) is 0.315. The molecule has 0 aliphatic carbocycles. The second-order valence-corrected chi connectivity index (χ2v) is 7.12.